The number of amides is 1. The molecule has 7 rings (SSSR count). The highest BCUT2D eigenvalue weighted by molar-refractivity contribution is 8.07. The molecule has 0 aromatic carbocycles. The molecule has 2 unspecified atom stereocenters. The summed E-state index contributed by atoms with van der Waals surface area (Å²) in [6.07, 6.45) is -3.95. The molecule has 0 aliphatic carbocycles. The van der Waals surface area contributed by atoms with Crippen LogP contribution < -0.4 is 16.4 Å². The number of carbonyl (C=O) groups excluding carboxylic acids is 1. The molecule has 7 heterocycles. The molecule has 2 aliphatic heterocycles. The highest BCUT2D eigenvalue weighted by atomic mass is 32.5. The first kappa shape index (κ1) is 54.8. The maximum Gasteiger partial charge on any atom is 0.695 e. The first-order chi connectivity index (χ1) is 33.1. The number of aromatic amines is 2. The zero-order valence-electron chi connectivity index (χ0n) is 41.5. The molecule has 0 saturated carbocycles. The number of carbonyl (C=O) groups is 1. The summed E-state index contributed by atoms with van der Waals surface area (Å²) in [7, 11) is -8.90. The molecular weight excluding hydrogens is 1020 g/mol. The quantitative estimate of drug-likeness (QED) is 0.0400. The van der Waals surface area contributed by atoms with Gasteiger partial charge in [0.2, 0.25) is 17.6 Å². The summed E-state index contributed by atoms with van der Waals surface area (Å²) < 4.78 is 69.5. The Bertz CT molecular complexity index is 3000. The number of anilines is 1. The summed E-state index contributed by atoms with van der Waals surface area (Å²) in [6.45, 7) is 18.1. The van der Waals surface area contributed by atoms with Crippen molar-refractivity contribution >= 4 is 83.4 Å². The average molecular weight is 1080 g/mol. The fourth-order valence-corrected chi connectivity index (χ4v) is 12.6. The molecule has 2 fully saturated rings. The second kappa shape index (κ2) is 20.7. The number of hydrogen-bond acceptors (Lipinski definition) is 19. The number of nitriles is 1. The van der Waals surface area contributed by atoms with E-state index in [1.807, 2.05) is 73.8 Å². The van der Waals surface area contributed by atoms with E-state index in [9.17, 15) is 34.2 Å². The van der Waals surface area contributed by atoms with Crippen molar-refractivity contribution in [1.82, 2.24) is 43.4 Å². The van der Waals surface area contributed by atoms with Crippen molar-refractivity contribution in [2.45, 2.75) is 147 Å². The van der Waals surface area contributed by atoms with Crippen LogP contribution in [-0.4, -0.2) is 132 Å². The molecule has 2 aliphatic rings. The van der Waals surface area contributed by atoms with Crippen molar-refractivity contribution < 1.29 is 55.8 Å². The van der Waals surface area contributed by atoms with Crippen molar-refractivity contribution in [2.24, 2.45) is 5.92 Å². The van der Waals surface area contributed by atoms with E-state index in [1.54, 1.807) is 18.4 Å². The van der Waals surface area contributed by atoms with Gasteiger partial charge in [-0.2, -0.15) is 10.2 Å². The fraction of sp³-hybridized carbons (Fsp3) is 0.659. The van der Waals surface area contributed by atoms with Crippen molar-refractivity contribution in [3.63, 3.8) is 0 Å². The van der Waals surface area contributed by atoms with Gasteiger partial charge in [0.1, 0.15) is 36.2 Å². The van der Waals surface area contributed by atoms with Gasteiger partial charge in [0.15, 0.2) is 51.9 Å². The first-order valence-corrected chi connectivity index (χ1v) is 32.3. The average Bonchev–Trinajstić information content (AvgIpc) is 4.11. The molecule has 5 aromatic heterocycles. The van der Waals surface area contributed by atoms with Crippen molar-refractivity contribution in [2.75, 3.05) is 25.1 Å². The Morgan fingerprint density at radius 2 is 1.56 bits per heavy atom. The summed E-state index contributed by atoms with van der Waals surface area (Å²) in [5.74, 6) is -0.797. The standard InChI is InChI=1S/C41H61N11O14P2SSi2/c1-22(2)33(54)48-38-46-31-25(34(55)49-38)44-20-51(31)36-29(63-67(57)58)28(65-70(9,10)40(3,4)5)24(62-36)19-60-68(69,59-17-13-14-42)64-27-23(18-53)61-37(30(27)66-71(11,12)41(6,7)8)52-21-45-26-32(52)47-39-43-15-16-50(39)35(26)56/h15-16,20-24,27-30,36-37,53H,13,17-19H2,1-12H3,(H3-,43,46,47,48,49,54,55,56,57,58)/p+1/t23-,24-,27-,28-,29-,30-,36-,37-,68?/m1/s1. The monoisotopic (exact) mass is 1080 g/mol. The van der Waals surface area contributed by atoms with Crippen LogP contribution in [0.15, 0.2) is 34.6 Å². The Hall–Kier alpha value is -4.02. The summed E-state index contributed by atoms with van der Waals surface area (Å²) in [5.41, 5.74) is -0.937. The van der Waals surface area contributed by atoms with Gasteiger partial charge >= 0.3 is 15.0 Å². The molecule has 5 N–H and O–H groups in total. The van der Waals surface area contributed by atoms with E-state index in [1.165, 1.54) is 34.0 Å². The minimum Gasteiger partial charge on any atom is -0.408 e. The van der Waals surface area contributed by atoms with E-state index in [2.05, 4.69) is 35.2 Å². The lowest BCUT2D eigenvalue weighted by molar-refractivity contribution is -0.118. The molecule has 0 radical (unpaired) electrons. The van der Waals surface area contributed by atoms with E-state index in [0.29, 0.717) is 0 Å². The maximum atomic E-state index is 13.5. The fourth-order valence-electron chi connectivity index (χ4n) is 7.45. The maximum absolute atomic E-state index is 13.5. The summed E-state index contributed by atoms with van der Waals surface area (Å²) in [5, 5.41) is 22.4. The number of ether oxygens (including phenoxy) is 2. The van der Waals surface area contributed by atoms with Gasteiger partial charge in [-0.15, -0.1) is 9.42 Å². The molecule has 25 nitrogen and oxygen atoms in total. The highest BCUT2D eigenvalue weighted by Gasteiger charge is 2.57. The van der Waals surface area contributed by atoms with Gasteiger partial charge in [0, 0.05) is 22.9 Å². The largest absolute Gasteiger partial charge is 0.695 e. The van der Waals surface area contributed by atoms with Gasteiger partial charge in [0.25, 0.3) is 11.1 Å². The minimum atomic E-state index is -4.10. The van der Waals surface area contributed by atoms with E-state index in [-0.39, 0.29) is 52.1 Å². The molecular formula is C41H62N11O14P2SSi2+. The number of aromatic nitrogens is 9. The van der Waals surface area contributed by atoms with Crippen molar-refractivity contribution in [1.29, 1.82) is 5.26 Å². The molecule has 388 valence electrons. The predicted octanol–water partition coefficient (Wildman–Crippen LogP) is 5.26. The summed E-state index contributed by atoms with van der Waals surface area (Å²) in [4.78, 5) is 72.9. The van der Waals surface area contributed by atoms with Crippen LogP contribution in [-0.2, 0) is 57.6 Å². The van der Waals surface area contributed by atoms with Crippen LogP contribution in [0.5, 0.6) is 0 Å². The van der Waals surface area contributed by atoms with Crippen LogP contribution in [0.2, 0.25) is 36.3 Å². The van der Waals surface area contributed by atoms with Gasteiger partial charge in [-0.25, -0.2) is 19.4 Å². The molecule has 30 heteroatoms. The molecule has 5 aromatic rings. The summed E-state index contributed by atoms with van der Waals surface area (Å²) >= 11 is 6.16. The van der Waals surface area contributed by atoms with Gasteiger partial charge in [0.05, 0.1) is 45.0 Å². The number of rotatable bonds is 19. The smallest absolute Gasteiger partial charge is 0.408 e. The number of fused-ring (bicyclic) bond motifs is 3. The van der Waals surface area contributed by atoms with Gasteiger partial charge < -0.3 is 37.5 Å². The van der Waals surface area contributed by atoms with Crippen LogP contribution in [0.4, 0.5) is 5.95 Å². The topological polar surface area (TPSA) is 316 Å². The lowest BCUT2D eigenvalue weighted by Crippen LogP contribution is -2.50. The number of nitrogens with one attached hydrogen (secondary N) is 3. The number of imidazole rings is 3. The second-order valence-corrected chi connectivity index (χ2v) is 33.8. The zero-order valence-corrected chi connectivity index (χ0v) is 46.1. The first-order valence-electron chi connectivity index (χ1n) is 22.8. The van der Waals surface area contributed by atoms with Gasteiger partial charge in [-0.05, 0) is 48.1 Å². The SMILES string of the molecule is CC(C)C(=O)Nc1nc2c(ncn2[C@@H]2O[C@H](COP(=S)(OCCC#N)O[C@H]3[C@@H](O[Si](C)(C)C(C)(C)C)[C@H](n4cnc5c(=O)n6ccnc6[nH]c54)O[C@@H]3CO)[C@@H](O[Si](C)(C)C(C)(C)C)[C@H]2O[P+](=O)O)c(=O)[nH]1. The van der Waals surface area contributed by atoms with Crippen LogP contribution in [0, 0.1) is 17.2 Å². The molecule has 1 amide bonds. The lowest BCUT2D eigenvalue weighted by Gasteiger charge is -2.41. The Morgan fingerprint density at radius 1 is 0.944 bits per heavy atom. The van der Waals surface area contributed by atoms with Crippen molar-refractivity contribution in [3.05, 3.63) is 45.8 Å². The molecule has 0 bridgehead atoms. The van der Waals surface area contributed by atoms with Gasteiger partial charge in [-0.1, -0.05) is 55.4 Å². The third kappa shape index (κ3) is 11.2. The molecule has 71 heavy (non-hydrogen) atoms. The normalized spacial score (nSPS) is 24.6. The Labute approximate surface area is 416 Å². The number of aliphatic hydroxyl groups is 1. The predicted molar refractivity (Wildman–Crippen MR) is 266 cm³/mol. The van der Waals surface area contributed by atoms with Crippen LogP contribution in [0.1, 0.15) is 74.3 Å². The Balaban J connectivity index is 1.28. The Kier molecular flexibility index (Phi) is 16.0. The lowest BCUT2D eigenvalue weighted by atomic mass is 10.1. The van der Waals surface area contributed by atoms with Gasteiger partial charge in [-0.3, -0.25) is 38.3 Å². The van der Waals surface area contributed by atoms with E-state index < -0.39 is 122 Å². The highest BCUT2D eigenvalue weighted by Crippen LogP contribution is 2.56. The van der Waals surface area contributed by atoms with Crippen molar-refractivity contribution in [3.8, 4) is 6.07 Å². The van der Waals surface area contributed by atoms with E-state index >= 15 is 0 Å². The molecule has 10 atom stereocenters. The number of hydrogen-bond donors (Lipinski definition) is 5. The zero-order chi connectivity index (χ0) is 52.2. The summed E-state index contributed by atoms with van der Waals surface area (Å²) in [6, 6.07) is 2.03. The van der Waals surface area contributed by atoms with Crippen LogP contribution in [0.25, 0.3) is 28.1 Å². The van der Waals surface area contributed by atoms with E-state index in [0.717, 1.165) is 0 Å². The third-order valence-corrected chi connectivity index (χ3v) is 25.1. The number of aliphatic hydroxyl groups excluding tert-OH is 1. The minimum absolute atomic E-state index is 0.0527. The third-order valence-electron chi connectivity index (χ3n) is 13.4. The Morgan fingerprint density at radius 3 is 2.18 bits per heavy atom. The number of H-pyrrole nitrogens is 2. The van der Waals surface area contributed by atoms with Crippen LogP contribution in [0.3, 0.4) is 0 Å². The number of nitrogens with zero attached hydrogens (tertiary/aromatic N) is 8. The molecule has 2 saturated heterocycles. The second-order valence-electron chi connectivity index (χ2n) is 20.6. The van der Waals surface area contributed by atoms with E-state index in [4.69, 9.17) is 48.2 Å². The van der Waals surface area contributed by atoms with Crippen LogP contribution >= 0.6 is 15.0 Å². The molecule has 0 spiro atoms.